The third kappa shape index (κ3) is 4.23. The molecule has 2 atom stereocenters. The molecule has 0 bridgehead atoms. The van der Waals surface area contributed by atoms with E-state index in [0.717, 1.165) is 25.8 Å². The normalized spacial score (nSPS) is 30.4. The third-order valence-electron chi connectivity index (χ3n) is 3.93. The molecular formula is C12H24N2O2S. The first-order valence-corrected chi connectivity index (χ1v) is 8.46. The zero-order chi connectivity index (χ0) is 12.3. The summed E-state index contributed by atoms with van der Waals surface area (Å²) in [6.07, 6.45) is 5.73. The summed E-state index contributed by atoms with van der Waals surface area (Å²) in [7, 11) is -3.04. The van der Waals surface area contributed by atoms with Crippen LogP contribution in [0.5, 0.6) is 0 Å². The molecule has 1 saturated carbocycles. The zero-order valence-electron chi connectivity index (χ0n) is 10.6. The Morgan fingerprint density at radius 3 is 2.71 bits per heavy atom. The molecule has 1 aliphatic carbocycles. The van der Waals surface area contributed by atoms with Crippen LogP contribution in [0.25, 0.3) is 0 Å². The number of rotatable bonds is 6. The molecule has 0 amide bonds. The minimum atomic E-state index is -3.04. The summed E-state index contributed by atoms with van der Waals surface area (Å²) in [6.45, 7) is 3.77. The van der Waals surface area contributed by atoms with E-state index in [1.165, 1.54) is 12.8 Å². The van der Waals surface area contributed by atoms with Crippen molar-refractivity contribution in [1.82, 2.24) is 10.0 Å². The second-order valence-corrected chi connectivity index (χ2v) is 7.30. The van der Waals surface area contributed by atoms with Gasteiger partial charge in [-0.05, 0) is 44.1 Å². The number of nitrogens with one attached hydrogen (secondary N) is 2. The zero-order valence-corrected chi connectivity index (χ0v) is 11.4. The Bertz CT molecular complexity index is 338. The molecule has 0 spiro atoms. The fraction of sp³-hybridized carbons (Fsp3) is 1.00. The molecule has 2 N–H and O–H groups in total. The highest BCUT2D eigenvalue weighted by atomic mass is 32.2. The fourth-order valence-corrected chi connectivity index (χ4v) is 4.12. The molecule has 100 valence electrons. The van der Waals surface area contributed by atoms with Crippen LogP contribution in [0.15, 0.2) is 0 Å². The monoisotopic (exact) mass is 260 g/mol. The molecule has 2 fully saturated rings. The lowest BCUT2D eigenvalue weighted by Crippen LogP contribution is -2.48. The summed E-state index contributed by atoms with van der Waals surface area (Å²) in [5.41, 5.74) is 0. The molecule has 1 aliphatic heterocycles. The summed E-state index contributed by atoms with van der Waals surface area (Å²) >= 11 is 0. The van der Waals surface area contributed by atoms with E-state index in [2.05, 4.69) is 17.0 Å². The molecule has 2 unspecified atom stereocenters. The number of piperidine rings is 1. The van der Waals surface area contributed by atoms with Crippen molar-refractivity contribution in [3.8, 4) is 0 Å². The summed E-state index contributed by atoms with van der Waals surface area (Å²) in [6, 6.07) is 0.322. The van der Waals surface area contributed by atoms with Gasteiger partial charge < -0.3 is 5.32 Å². The quantitative estimate of drug-likeness (QED) is 0.752. The van der Waals surface area contributed by atoms with Crippen LogP contribution in [0.2, 0.25) is 0 Å². The lowest BCUT2D eigenvalue weighted by Gasteiger charge is -2.32. The van der Waals surface area contributed by atoms with E-state index in [-0.39, 0.29) is 0 Å². The molecule has 0 aromatic rings. The summed E-state index contributed by atoms with van der Waals surface area (Å²) < 4.78 is 26.3. The molecule has 5 heteroatoms. The maximum atomic E-state index is 11.8. The minimum absolute atomic E-state index is 0.322. The summed E-state index contributed by atoms with van der Waals surface area (Å²) in [5, 5.41) is 3.43. The van der Waals surface area contributed by atoms with Gasteiger partial charge in [0.25, 0.3) is 0 Å². The van der Waals surface area contributed by atoms with Gasteiger partial charge in [0.05, 0.1) is 5.75 Å². The predicted molar refractivity (Wildman–Crippen MR) is 69.3 cm³/mol. The van der Waals surface area contributed by atoms with E-state index in [4.69, 9.17) is 0 Å². The molecule has 1 heterocycles. The molecule has 4 nitrogen and oxygen atoms in total. The number of hydrogen-bond acceptors (Lipinski definition) is 3. The topological polar surface area (TPSA) is 58.2 Å². The fourth-order valence-electron chi connectivity index (χ4n) is 2.62. The Morgan fingerprint density at radius 2 is 2.06 bits per heavy atom. The lowest BCUT2D eigenvalue weighted by atomic mass is 9.89. The molecular weight excluding hydrogens is 236 g/mol. The average Bonchev–Trinajstić information content (AvgIpc) is 3.10. The Labute approximate surface area is 105 Å². The first-order valence-electron chi connectivity index (χ1n) is 6.81. The van der Waals surface area contributed by atoms with Crippen LogP contribution in [-0.4, -0.2) is 33.3 Å². The van der Waals surface area contributed by atoms with Crippen LogP contribution >= 0.6 is 0 Å². The second kappa shape index (κ2) is 5.67. The second-order valence-electron chi connectivity index (χ2n) is 5.44. The first kappa shape index (κ1) is 13.3. The molecule has 17 heavy (non-hydrogen) atoms. The van der Waals surface area contributed by atoms with Crippen LogP contribution in [0.3, 0.4) is 0 Å². The molecule has 0 radical (unpaired) electrons. The Morgan fingerprint density at radius 1 is 1.29 bits per heavy atom. The van der Waals surface area contributed by atoms with E-state index < -0.39 is 10.0 Å². The van der Waals surface area contributed by atoms with Gasteiger partial charge in [-0.25, -0.2) is 13.1 Å². The Balaban J connectivity index is 1.79. The van der Waals surface area contributed by atoms with Gasteiger partial charge in [-0.15, -0.1) is 0 Å². The van der Waals surface area contributed by atoms with Crippen LogP contribution in [0.4, 0.5) is 0 Å². The van der Waals surface area contributed by atoms with E-state index in [9.17, 15) is 8.42 Å². The van der Waals surface area contributed by atoms with Gasteiger partial charge in [-0.3, -0.25) is 0 Å². The maximum absolute atomic E-state index is 11.8. The highest BCUT2D eigenvalue weighted by molar-refractivity contribution is 7.89. The van der Waals surface area contributed by atoms with E-state index in [0.29, 0.717) is 30.2 Å². The van der Waals surface area contributed by atoms with Crippen LogP contribution in [0.1, 0.15) is 39.0 Å². The Kier molecular flexibility index (Phi) is 4.44. The van der Waals surface area contributed by atoms with E-state index in [1.807, 2.05) is 0 Å². The van der Waals surface area contributed by atoms with Crippen molar-refractivity contribution >= 4 is 10.0 Å². The van der Waals surface area contributed by atoms with Gasteiger partial charge >= 0.3 is 0 Å². The standard InChI is InChI=1S/C12H24N2O2S/c1-2-11-4-3-7-13-12(11)8-14-17(15,16)9-10-5-6-10/h10-14H,2-9H2,1H3. The molecule has 2 rings (SSSR count). The van der Waals surface area contributed by atoms with Crippen LogP contribution in [0, 0.1) is 11.8 Å². The van der Waals surface area contributed by atoms with E-state index >= 15 is 0 Å². The average molecular weight is 260 g/mol. The van der Waals surface area contributed by atoms with Crippen LogP contribution < -0.4 is 10.0 Å². The van der Waals surface area contributed by atoms with Crippen molar-refractivity contribution in [2.75, 3.05) is 18.8 Å². The van der Waals surface area contributed by atoms with Gasteiger partial charge in [0.1, 0.15) is 0 Å². The van der Waals surface area contributed by atoms with Crippen molar-refractivity contribution in [2.45, 2.75) is 45.1 Å². The smallest absolute Gasteiger partial charge is 0.211 e. The number of sulfonamides is 1. The third-order valence-corrected chi connectivity index (χ3v) is 5.44. The van der Waals surface area contributed by atoms with Gasteiger partial charge in [-0.2, -0.15) is 0 Å². The predicted octanol–water partition coefficient (Wildman–Crippen LogP) is 1.09. The highest BCUT2D eigenvalue weighted by Crippen LogP contribution is 2.30. The van der Waals surface area contributed by atoms with Crippen molar-refractivity contribution in [3.05, 3.63) is 0 Å². The largest absolute Gasteiger partial charge is 0.312 e. The minimum Gasteiger partial charge on any atom is -0.312 e. The summed E-state index contributed by atoms with van der Waals surface area (Å²) in [4.78, 5) is 0. The van der Waals surface area contributed by atoms with Crippen molar-refractivity contribution < 1.29 is 8.42 Å². The Hall–Kier alpha value is -0.130. The van der Waals surface area contributed by atoms with Crippen molar-refractivity contribution in [1.29, 1.82) is 0 Å². The maximum Gasteiger partial charge on any atom is 0.211 e. The van der Waals surface area contributed by atoms with Gasteiger partial charge in [-0.1, -0.05) is 13.3 Å². The van der Waals surface area contributed by atoms with Crippen LogP contribution in [-0.2, 0) is 10.0 Å². The summed E-state index contributed by atoms with van der Waals surface area (Å²) in [5.74, 6) is 1.37. The van der Waals surface area contributed by atoms with E-state index in [1.54, 1.807) is 0 Å². The van der Waals surface area contributed by atoms with Gasteiger partial charge in [0.15, 0.2) is 0 Å². The molecule has 2 aliphatic rings. The van der Waals surface area contributed by atoms with Gasteiger partial charge in [0, 0.05) is 12.6 Å². The van der Waals surface area contributed by atoms with Crippen molar-refractivity contribution in [3.63, 3.8) is 0 Å². The molecule has 0 aromatic heterocycles. The van der Waals surface area contributed by atoms with Crippen molar-refractivity contribution in [2.24, 2.45) is 11.8 Å². The SMILES string of the molecule is CCC1CCCNC1CNS(=O)(=O)CC1CC1. The number of hydrogen-bond donors (Lipinski definition) is 2. The highest BCUT2D eigenvalue weighted by Gasteiger charge is 2.29. The molecule has 0 aromatic carbocycles. The van der Waals surface area contributed by atoms with Gasteiger partial charge in [0.2, 0.25) is 10.0 Å². The first-order chi connectivity index (χ1) is 8.11. The molecule has 1 saturated heterocycles. The lowest BCUT2D eigenvalue weighted by molar-refractivity contribution is 0.273.